The molecule has 4 atom stereocenters. The Balaban J connectivity index is 2.01. The minimum absolute atomic E-state index is 0.0865. The number of pyridine rings is 1. The Morgan fingerprint density at radius 3 is 2.50 bits per heavy atom. The Morgan fingerprint density at radius 1 is 1.16 bits per heavy atom. The van der Waals surface area contributed by atoms with Crippen LogP contribution < -0.4 is 15.4 Å². The number of aliphatic hydroxyl groups excluding tert-OH is 1. The molecule has 38 heavy (non-hydrogen) atoms. The van der Waals surface area contributed by atoms with E-state index in [4.69, 9.17) is 21.4 Å². The molecular formula is C28H34ClN3O6. The third kappa shape index (κ3) is 10.4. The van der Waals surface area contributed by atoms with Gasteiger partial charge in [0, 0.05) is 31.3 Å². The third-order valence-corrected chi connectivity index (χ3v) is 6.14. The van der Waals surface area contributed by atoms with Gasteiger partial charge < -0.3 is 25.6 Å². The van der Waals surface area contributed by atoms with E-state index < -0.39 is 35.8 Å². The van der Waals surface area contributed by atoms with Crippen LogP contribution in [0.25, 0.3) is 6.08 Å². The topological polar surface area (TPSA) is 138 Å². The van der Waals surface area contributed by atoms with Crippen molar-refractivity contribution in [2.75, 3.05) is 13.7 Å². The molecule has 0 bridgehead atoms. The van der Waals surface area contributed by atoms with Crippen LogP contribution in [0, 0.1) is 11.8 Å². The zero-order chi connectivity index (χ0) is 28.1. The van der Waals surface area contributed by atoms with Gasteiger partial charge in [0.25, 0.3) is 0 Å². The van der Waals surface area contributed by atoms with Gasteiger partial charge in [-0.3, -0.25) is 19.4 Å². The molecule has 0 aliphatic heterocycles. The van der Waals surface area contributed by atoms with Gasteiger partial charge in [0.2, 0.25) is 11.8 Å². The first-order valence-electron chi connectivity index (χ1n) is 12.2. The SMILES string of the molecule is COc1ccc(C[C@@H](NC(=O)/C=C/C[C@H](O)[C@H](C)/C=C/c2ccncc2)C(=O)NC[C@@H](C)C(=O)O)cc1Cl. The van der Waals surface area contributed by atoms with Crippen molar-refractivity contribution in [1.29, 1.82) is 0 Å². The van der Waals surface area contributed by atoms with Gasteiger partial charge in [-0.15, -0.1) is 0 Å². The van der Waals surface area contributed by atoms with Gasteiger partial charge >= 0.3 is 5.97 Å². The highest BCUT2D eigenvalue weighted by atomic mass is 35.5. The molecule has 1 heterocycles. The van der Waals surface area contributed by atoms with Crippen LogP contribution in [0.2, 0.25) is 5.02 Å². The number of amides is 2. The summed E-state index contributed by atoms with van der Waals surface area (Å²) in [5.41, 5.74) is 1.64. The van der Waals surface area contributed by atoms with E-state index in [1.807, 2.05) is 31.2 Å². The summed E-state index contributed by atoms with van der Waals surface area (Å²) >= 11 is 6.20. The van der Waals surface area contributed by atoms with E-state index >= 15 is 0 Å². The molecule has 0 aliphatic carbocycles. The Labute approximate surface area is 227 Å². The summed E-state index contributed by atoms with van der Waals surface area (Å²) in [5, 5.41) is 25.1. The lowest BCUT2D eigenvalue weighted by Gasteiger charge is -2.19. The van der Waals surface area contributed by atoms with Gasteiger partial charge in [0.05, 0.1) is 24.2 Å². The number of halogens is 1. The number of aliphatic hydroxyl groups is 1. The zero-order valence-corrected chi connectivity index (χ0v) is 22.4. The van der Waals surface area contributed by atoms with Gasteiger partial charge in [-0.05, 0) is 47.9 Å². The van der Waals surface area contributed by atoms with Crippen molar-refractivity contribution < 1.29 is 29.3 Å². The molecule has 0 saturated carbocycles. The molecule has 0 saturated heterocycles. The van der Waals surface area contributed by atoms with E-state index in [-0.39, 0.29) is 25.3 Å². The van der Waals surface area contributed by atoms with Crippen molar-refractivity contribution in [2.45, 2.75) is 38.8 Å². The number of nitrogens with zero attached hydrogens (tertiary/aromatic N) is 1. The van der Waals surface area contributed by atoms with E-state index in [1.165, 1.54) is 20.1 Å². The fraction of sp³-hybridized carbons (Fsp3) is 0.357. The highest BCUT2D eigenvalue weighted by Crippen LogP contribution is 2.25. The number of carbonyl (C=O) groups excluding carboxylic acids is 2. The second-order valence-electron chi connectivity index (χ2n) is 8.92. The minimum Gasteiger partial charge on any atom is -0.495 e. The fourth-order valence-corrected chi connectivity index (χ4v) is 3.64. The maximum atomic E-state index is 12.8. The number of carboxylic acids is 1. The predicted octanol–water partition coefficient (Wildman–Crippen LogP) is 3.26. The fourth-order valence-electron chi connectivity index (χ4n) is 3.36. The van der Waals surface area contributed by atoms with Gasteiger partial charge in [0.1, 0.15) is 11.8 Å². The summed E-state index contributed by atoms with van der Waals surface area (Å²) in [6.45, 7) is 3.26. The van der Waals surface area contributed by atoms with Crippen LogP contribution in [0.1, 0.15) is 31.4 Å². The lowest BCUT2D eigenvalue weighted by Crippen LogP contribution is -2.48. The molecule has 10 heteroatoms. The number of nitrogens with one attached hydrogen (secondary N) is 2. The molecule has 0 fully saturated rings. The van der Waals surface area contributed by atoms with Gasteiger partial charge in [-0.1, -0.05) is 49.7 Å². The number of benzene rings is 1. The standard InChI is InChI=1S/C28H34ClN3O6/c1-18(7-8-20-11-13-30-14-12-20)24(33)5-4-6-26(34)32-23(27(35)31-17-19(2)28(36)37)16-21-9-10-25(38-3)22(29)15-21/h4,6-15,18-19,23-24,33H,5,16-17H2,1-3H3,(H,31,35)(H,32,34)(H,36,37)/b6-4+,8-7+/t18-,19-,23-,24+/m1/s1. The second-order valence-corrected chi connectivity index (χ2v) is 9.33. The van der Waals surface area contributed by atoms with Crippen molar-refractivity contribution >= 4 is 35.5 Å². The Hall–Kier alpha value is -3.69. The molecular weight excluding hydrogens is 510 g/mol. The van der Waals surface area contributed by atoms with E-state index in [0.29, 0.717) is 16.3 Å². The van der Waals surface area contributed by atoms with Crippen LogP contribution in [-0.4, -0.2) is 58.8 Å². The molecule has 4 N–H and O–H groups in total. The number of aliphatic carboxylic acids is 1. The first-order valence-corrected chi connectivity index (χ1v) is 12.5. The molecule has 1 aromatic heterocycles. The summed E-state index contributed by atoms with van der Waals surface area (Å²) in [7, 11) is 1.49. The largest absolute Gasteiger partial charge is 0.495 e. The van der Waals surface area contributed by atoms with Crippen LogP contribution in [0.4, 0.5) is 0 Å². The average Bonchev–Trinajstić information content (AvgIpc) is 2.90. The lowest BCUT2D eigenvalue weighted by atomic mass is 10.00. The van der Waals surface area contributed by atoms with Crippen molar-refractivity contribution in [1.82, 2.24) is 15.6 Å². The van der Waals surface area contributed by atoms with Crippen LogP contribution in [0.3, 0.4) is 0 Å². The van der Waals surface area contributed by atoms with Gasteiger partial charge in [-0.2, -0.15) is 0 Å². The summed E-state index contributed by atoms with van der Waals surface area (Å²) in [5.74, 6) is -2.57. The number of carboxylic acid groups (broad SMARTS) is 1. The van der Waals surface area contributed by atoms with Crippen LogP contribution in [-0.2, 0) is 20.8 Å². The second kappa shape index (κ2) is 15.5. The molecule has 2 amide bonds. The van der Waals surface area contributed by atoms with E-state index in [1.54, 1.807) is 36.7 Å². The number of methoxy groups -OCH3 is 1. The van der Waals surface area contributed by atoms with Gasteiger partial charge in [-0.25, -0.2) is 0 Å². The Bertz CT molecular complexity index is 1140. The monoisotopic (exact) mass is 543 g/mol. The lowest BCUT2D eigenvalue weighted by molar-refractivity contribution is -0.141. The smallest absolute Gasteiger partial charge is 0.308 e. The Kier molecular flexibility index (Phi) is 12.5. The summed E-state index contributed by atoms with van der Waals surface area (Å²) in [4.78, 5) is 40.5. The molecule has 1 aromatic carbocycles. The number of ether oxygens (including phenoxy) is 1. The van der Waals surface area contributed by atoms with Crippen molar-refractivity contribution in [3.63, 3.8) is 0 Å². The number of aromatic nitrogens is 1. The highest BCUT2D eigenvalue weighted by Gasteiger charge is 2.22. The molecule has 0 radical (unpaired) electrons. The average molecular weight is 544 g/mol. The first-order chi connectivity index (χ1) is 18.1. The number of hydrogen-bond acceptors (Lipinski definition) is 6. The maximum absolute atomic E-state index is 12.8. The third-order valence-electron chi connectivity index (χ3n) is 5.85. The molecule has 9 nitrogen and oxygen atoms in total. The maximum Gasteiger partial charge on any atom is 0.308 e. The summed E-state index contributed by atoms with van der Waals surface area (Å²) < 4.78 is 5.15. The molecule has 0 spiro atoms. The van der Waals surface area contributed by atoms with Crippen molar-refractivity contribution in [3.8, 4) is 5.75 Å². The van der Waals surface area contributed by atoms with Crippen LogP contribution in [0.5, 0.6) is 5.75 Å². The van der Waals surface area contributed by atoms with Crippen LogP contribution in [0.15, 0.2) is 61.0 Å². The molecule has 0 aliphatic rings. The predicted molar refractivity (Wildman–Crippen MR) is 146 cm³/mol. The molecule has 0 unspecified atom stereocenters. The van der Waals surface area contributed by atoms with Crippen molar-refractivity contribution in [3.05, 3.63) is 77.1 Å². The minimum atomic E-state index is -1.04. The zero-order valence-electron chi connectivity index (χ0n) is 21.6. The quantitative estimate of drug-likeness (QED) is 0.268. The number of hydrogen-bond donors (Lipinski definition) is 4. The molecule has 204 valence electrons. The first kappa shape index (κ1) is 30.5. The number of carbonyl (C=O) groups is 3. The van der Waals surface area contributed by atoms with Crippen LogP contribution >= 0.6 is 11.6 Å². The summed E-state index contributed by atoms with van der Waals surface area (Å²) in [6.07, 6.45) is 9.60. The van der Waals surface area contributed by atoms with E-state index in [2.05, 4.69) is 15.6 Å². The molecule has 2 rings (SSSR count). The Morgan fingerprint density at radius 2 is 1.87 bits per heavy atom. The highest BCUT2D eigenvalue weighted by molar-refractivity contribution is 6.32. The molecule has 2 aromatic rings. The van der Waals surface area contributed by atoms with E-state index in [0.717, 1.165) is 5.56 Å². The van der Waals surface area contributed by atoms with E-state index in [9.17, 15) is 19.5 Å². The van der Waals surface area contributed by atoms with Crippen molar-refractivity contribution in [2.24, 2.45) is 11.8 Å². The summed E-state index contributed by atoms with van der Waals surface area (Å²) in [6, 6.07) is 7.75. The number of rotatable bonds is 14. The van der Waals surface area contributed by atoms with Gasteiger partial charge in [0.15, 0.2) is 0 Å². The normalized spacial score (nSPS) is 14.6.